The molecule has 2 amide bonds. The summed E-state index contributed by atoms with van der Waals surface area (Å²) in [4.78, 5) is 18.2. The van der Waals surface area contributed by atoms with Gasteiger partial charge in [-0.15, -0.1) is 0 Å². The van der Waals surface area contributed by atoms with Crippen molar-refractivity contribution in [1.82, 2.24) is 19.5 Å². The molecule has 0 spiro atoms. The first-order chi connectivity index (χ1) is 16.2. The number of benzene rings is 1. The highest BCUT2D eigenvalue weighted by atomic mass is 32.2. The number of hydrogen-bond donors (Lipinski definition) is 2. The van der Waals surface area contributed by atoms with Crippen LogP contribution in [-0.4, -0.2) is 79.2 Å². The number of aromatic nitrogens is 1. The topological polar surface area (TPSA) is 112 Å². The van der Waals surface area contributed by atoms with Crippen LogP contribution in [0, 0.1) is 5.92 Å². The number of fused-ring (bicyclic) bond motifs is 1. The average molecular weight is 491 g/mol. The van der Waals surface area contributed by atoms with Gasteiger partial charge in [0.1, 0.15) is 16.7 Å². The smallest absolute Gasteiger partial charge is 0.317 e. The molecule has 1 aromatic carbocycles. The second-order valence-electron chi connectivity index (χ2n) is 8.76. The molecule has 2 aromatic rings. The van der Waals surface area contributed by atoms with Crippen molar-refractivity contribution in [1.29, 1.82) is 0 Å². The summed E-state index contributed by atoms with van der Waals surface area (Å²) in [6.07, 6.45) is 3.73. The molecule has 0 bridgehead atoms. The SMILES string of the molecule is CCCNC(=O)N(C)C[C@@H]1Oc2cc(-c3cccnc3)ccc2S(=O)(=O)N([C@@H](C)CO)C[C@H]1C. The Morgan fingerprint density at radius 1 is 1.35 bits per heavy atom. The highest BCUT2D eigenvalue weighted by Gasteiger charge is 2.38. The van der Waals surface area contributed by atoms with Gasteiger partial charge >= 0.3 is 6.03 Å². The summed E-state index contributed by atoms with van der Waals surface area (Å²) < 4.78 is 34.8. The zero-order valence-electron chi connectivity index (χ0n) is 20.1. The minimum absolute atomic E-state index is 0.0374. The molecule has 9 nitrogen and oxygen atoms in total. The first kappa shape index (κ1) is 25.9. The van der Waals surface area contributed by atoms with Crippen LogP contribution in [0.25, 0.3) is 11.1 Å². The molecule has 186 valence electrons. The van der Waals surface area contributed by atoms with E-state index < -0.39 is 22.2 Å². The number of rotatable bonds is 7. The van der Waals surface area contributed by atoms with Crippen LogP contribution >= 0.6 is 0 Å². The quantitative estimate of drug-likeness (QED) is 0.617. The van der Waals surface area contributed by atoms with Gasteiger partial charge in [0.25, 0.3) is 0 Å². The lowest BCUT2D eigenvalue weighted by molar-refractivity contribution is 0.0813. The summed E-state index contributed by atoms with van der Waals surface area (Å²) in [5.41, 5.74) is 1.60. The summed E-state index contributed by atoms with van der Waals surface area (Å²) in [5.74, 6) is -0.0317. The number of urea groups is 1. The van der Waals surface area contributed by atoms with E-state index in [1.165, 1.54) is 10.4 Å². The number of aliphatic hydroxyl groups excluding tert-OH is 1. The summed E-state index contributed by atoms with van der Waals surface area (Å²) in [5, 5.41) is 12.6. The molecule has 2 N–H and O–H groups in total. The monoisotopic (exact) mass is 490 g/mol. The lowest BCUT2D eigenvalue weighted by Crippen LogP contribution is -2.51. The number of ether oxygens (including phenoxy) is 1. The average Bonchev–Trinajstić information content (AvgIpc) is 2.84. The van der Waals surface area contributed by atoms with Crippen molar-refractivity contribution in [2.24, 2.45) is 5.92 Å². The van der Waals surface area contributed by atoms with Gasteiger partial charge < -0.3 is 20.1 Å². The lowest BCUT2D eigenvalue weighted by atomic mass is 10.0. The molecule has 0 saturated heterocycles. The van der Waals surface area contributed by atoms with Gasteiger partial charge in [-0.3, -0.25) is 4.98 Å². The number of nitrogens with one attached hydrogen (secondary N) is 1. The fourth-order valence-electron chi connectivity index (χ4n) is 3.88. The van der Waals surface area contributed by atoms with Gasteiger partial charge in [-0.25, -0.2) is 13.2 Å². The number of carbonyl (C=O) groups is 1. The van der Waals surface area contributed by atoms with Gasteiger partial charge in [0.2, 0.25) is 10.0 Å². The molecule has 0 fully saturated rings. The number of carbonyl (C=O) groups excluding carboxylic acids is 1. The number of nitrogens with zero attached hydrogens (tertiary/aromatic N) is 3. The Balaban J connectivity index is 2.04. The van der Waals surface area contributed by atoms with Crippen molar-refractivity contribution >= 4 is 16.1 Å². The summed E-state index contributed by atoms with van der Waals surface area (Å²) >= 11 is 0. The Morgan fingerprint density at radius 3 is 2.76 bits per heavy atom. The maximum Gasteiger partial charge on any atom is 0.317 e. The molecule has 1 aromatic heterocycles. The summed E-state index contributed by atoms with van der Waals surface area (Å²) in [6, 6.07) is 7.84. The van der Waals surface area contributed by atoms with Crippen molar-refractivity contribution in [3.8, 4) is 16.9 Å². The third-order valence-electron chi connectivity index (χ3n) is 5.99. The normalized spacial score (nSPS) is 20.9. The second-order valence-corrected chi connectivity index (χ2v) is 10.6. The fraction of sp³-hybridized carbons (Fsp3) is 0.500. The number of aliphatic hydroxyl groups is 1. The van der Waals surface area contributed by atoms with E-state index in [9.17, 15) is 18.3 Å². The fourth-order valence-corrected chi connectivity index (χ4v) is 5.70. The highest BCUT2D eigenvalue weighted by Crippen LogP contribution is 2.36. The molecule has 2 heterocycles. The molecule has 34 heavy (non-hydrogen) atoms. The Hall–Kier alpha value is -2.69. The van der Waals surface area contributed by atoms with E-state index in [2.05, 4.69) is 10.3 Å². The van der Waals surface area contributed by atoms with E-state index in [0.29, 0.717) is 6.54 Å². The largest absolute Gasteiger partial charge is 0.487 e. The van der Waals surface area contributed by atoms with Crippen molar-refractivity contribution in [2.75, 3.05) is 33.3 Å². The van der Waals surface area contributed by atoms with Gasteiger partial charge in [0, 0.05) is 50.1 Å². The summed E-state index contributed by atoms with van der Waals surface area (Å²) in [7, 11) is -2.23. The molecule has 0 radical (unpaired) electrons. The predicted molar refractivity (Wildman–Crippen MR) is 130 cm³/mol. The van der Waals surface area contributed by atoms with Crippen LogP contribution < -0.4 is 10.1 Å². The van der Waals surface area contributed by atoms with Crippen LogP contribution in [0.4, 0.5) is 4.79 Å². The zero-order chi connectivity index (χ0) is 24.9. The first-order valence-electron chi connectivity index (χ1n) is 11.5. The molecular formula is C24H34N4O5S. The number of likely N-dealkylation sites (N-methyl/N-ethyl adjacent to an activating group) is 1. The molecule has 10 heteroatoms. The number of hydrogen-bond acceptors (Lipinski definition) is 6. The molecule has 1 aliphatic rings. The van der Waals surface area contributed by atoms with Gasteiger partial charge in [0.05, 0.1) is 13.2 Å². The number of sulfonamides is 1. The van der Waals surface area contributed by atoms with E-state index in [1.807, 2.05) is 26.0 Å². The van der Waals surface area contributed by atoms with E-state index in [1.54, 1.807) is 43.4 Å². The molecule has 0 unspecified atom stereocenters. The third kappa shape index (κ3) is 5.68. The van der Waals surface area contributed by atoms with Crippen LogP contribution in [0.15, 0.2) is 47.6 Å². The first-order valence-corrected chi connectivity index (χ1v) is 13.0. The number of amides is 2. The second kappa shape index (κ2) is 11.2. The van der Waals surface area contributed by atoms with Crippen molar-refractivity contribution < 1.29 is 23.1 Å². The Morgan fingerprint density at radius 2 is 2.12 bits per heavy atom. The molecule has 0 saturated carbocycles. The maximum atomic E-state index is 13.6. The third-order valence-corrected chi connectivity index (χ3v) is 8.01. The zero-order valence-corrected chi connectivity index (χ0v) is 21.0. The number of pyridine rings is 1. The Kier molecular flexibility index (Phi) is 8.51. The minimum Gasteiger partial charge on any atom is -0.487 e. The van der Waals surface area contributed by atoms with Crippen LogP contribution in [-0.2, 0) is 10.0 Å². The minimum atomic E-state index is -3.93. The van der Waals surface area contributed by atoms with E-state index in [4.69, 9.17) is 4.74 Å². The van der Waals surface area contributed by atoms with Crippen molar-refractivity contribution in [3.63, 3.8) is 0 Å². The maximum absolute atomic E-state index is 13.6. The predicted octanol–water partition coefficient (Wildman–Crippen LogP) is 2.57. The molecule has 3 atom stereocenters. The Labute approximate surface area is 201 Å². The van der Waals surface area contributed by atoms with E-state index >= 15 is 0 Å². The van der Waals surface area contributed by atoms with Gasteiger partial charge in [-0.05, 0) is 37.1 Å². The highest BCUT2D eigenvalue weighted by molar-refractivity contribution is 7.89. The van der Waals surface area contributed by atoms with Crippen molar-refractivity contribution in [2.45, 2.75) is 44.2 Å². The lowest BCUT2D eigenvalue weighted by Gasteiger charge is -2.37. The molecule has 0 aliphatic carbocycles. The standard InChI is InChI=1S/C24H34N4O5S/c1-5-10-26-24(30)27(4)15-22-17(2)14-28(18(3)16-29)34(31,32)23-9-8-19(12-21(23)33-22)20-7-6-11-25-13-20/h6-9,11-13,17-18,22,29H,5,10,14-16H2,1-4H3,(H,26,30)/t17-,18+,22+/m1/s1. The van der Waals surface area contributed by atoms with Crippen LogP contribution in [0.5, 0.6) is 5.75 Å². The van der Waals surface area contributed by atoms with Gasteiger partial charge in [-0.1, -0.05) is 26.0 Å². The Bertz CT molecular complexity index is 1080. The van der Waals surface area contributed by atoms with Crippen molar-refractivity contribution in [3.05, 3.63) is 42.7 Å². The summed E-state index contributed by atoms with van der Waals surface area (Å²) in [6.45, 7) is 6.24. The van der Waals surface area contributed by atoms with E-state index in [0.717, 1.165) is 17.5 Å². The molecule has 1 aliphatic heterocycles. The molecular weight excluding hydrogens is 456 g/mol. The van der Waals surface area contributed by atoms with Crippen LogP contribution in [0.3, 0.4) is 0 Å². The molecule has 3 rings (SSSR count). The van der Waals surface area contributed by atoms with Gasteiger partial charge in [0.15, 0.2) is 0 Å². The van der Waals surface area contributed by atoms with E-state index in [-0.39, 0.29) is 42.3 Å². The van der Waals surface area contributed by atoms with Gasteiger partial charge in [-0.2, -0.15) is 4.31 Å². The van der Waals surface area contributed by atoms with Crippen LogP contribution in [0.1, 0.15) is 27.2 Å². The van der Waals surface area contributed by atoms with Crippen LogP contribution in [0.2, 0.25) is 0 Å².